The first-order valence-electron chi connectivity index (χ1n) is 7.22. The Labute approximate surface area is 135 Å². The van der Waals surface area contributed by atoms with Gasteiger partial charge in [-0.2, -0.15) is 0 Å². The molecule has 2 aliphatic carbocycles. The van der Waals surface area contributed by atoms with Crippen LogP contribution >= 0.6 is 0 Å². The van der Waals surface area contributed by atoms with Crippen LogP contribution in [-0.2, 0) is 14.3 Å². The summed E-state index contributed by atoms with van der Waals surface area (Å²) in [6.45, 7) is 0. The fourth-order valence-electron chi connectivity index (χ4n) is 3.55. The summed E-state index contributed by atoms with van der Waals surface area (Å²) in [5.74, 6) is -5.27. The minimum Gasteiger partial charge on any atom is -0.481 e. The lowest BCUT2D eigenvalue weighted by molar-refractivity contribution is -0.146. The van der Waals surface area contributed by atoms with E-state index in [0.717, 1.165) is 12.1 Å². The molecule has 5 N–H and O–H groups in total. The van der Waals surface area contributed by atoms with Gasteiger partial charge in [0.05, 0.1) is 5.92 Å². The van der Waals surface area contributed by atoms with Crippen molar-refractivity contribution in [2.45, 2.75) is 18.1 Å². The first kappa shape index (κ1) is 16.2. The highest BCUT2D eigenvalue weighted by Crippen LogP contribution is 2.62. The lowest BCUT2D eigenvalue weighted by atomic mass is 9.91. The topological polar surface area (TPSA) is 139 Å². The lowest BCUT2D eigenvalue weighted by Gasteiger charge is -2.24. The van der Waals surface area contributed by atoms with Gasteiger partial charge in [0.25, 0.3) is 0 Å². The highest BCUT2D eigenvalue weighted by atomic mass is 19.1. The largest absolute Gasteiger partial charge is 0.481 e. The van der Waals surface area contributed by atoms with Crippen LogP contribution in [-0.4, -0.2) is 39.9 Å². The number of rotatable bonds is 4. The fourth-order valence-corrected chi connectivity index (χ4v) is 3.55. The second kappa shape index (κ2) is 5.45. The standard InChI is InChI=1S/C15H15FN2O6/c16-6-1-3-7(4-2-6)18-14(23)24-8-5-15(17,13(21)22)11-9(8)10(11)12(19)20/h1-4,8-11H,5,17H2,(H,18,23)(H,19,20)(H,21,22)/t8?,9?,10-,11?,15?/m0/s1. The summed E-state index contributed by atoms with van der Waals surface area (Å²) in [5.41, 5.74) is 4.40. The number of amides is 1. The third-order valence-electron chi connectivity index (χ3n) is 4.67. The number of hydrogen-bond donors (Lipinski definition) is 4. The molecule has 2 saturated carbocycles. The first-order valence-corrected chi connectivity index (χ1v) is 7.22. The highest BCUT2D eigenvalue weighted by molar-refractivity contribution is 5.87. The van der Waals surface area contributed by atoms with Gasteiger partial charge in [0.2, 0.25) is 0 Å². The van der Waals surface area contributed by atoms with Crippen LogP contribution in [0.2, 0.25) is 0 Å². The summed E-state index contributed by atoms with van der Waals surface area (Å²) in [5, 5.41) is 20.8. The minimum absolute atomic E-state index is 0.154. The van der Waals surface area contributed by atoms with Gasteiger partial charge in [-0.15, -0.1) is 0 Å². The maximum Gasteiger partial charge on any atom is 0.411 e. The molecule has 1 aromatic carbocycles. The van der Waals surface area contributed by atoms with Crippen molar-refractivity contribution in [2.24, 2.45) is 23.5 Å². The van der Waals surface area contributed by atoms with Crippen molar-refractivity contribution < 1.29 is 33.7 Å². The summed E-state index contributed by atoms with van der Waals surface area (Å²) in [4.78, 5) is 34.5. The van der Waals surface area contributed by atoms with Crippen LogP contribution < -0.4 is 11.1 Å². The van der Waals surface area contributed by atoms with E-state index in [4.69, 9.17) is 15.6 Å². The minimum atomic E-state index is -1.73. The Morgan fingerprint density at radius 3 is 2.42 bits per heavy atom. The Morgan fingerprint density at radius 2 is 1.88 bits per heavy atom. The molecule has 8 nitrogen and oxygen atoms in total. The molecule has 5 atom stereocenters. The molecule has 0 radical (unpaired) electrons. The number of hydrogen-bond acceptors (Lipinski definition) is 5. The lowest BCUT2D eigenvalue weighted by Crippen LogP contribution is -2.51. The number of nitrogens with one attached hydrogen (secondary N) is 1. The molecule has 2 fully saturated rings. The van der Waals surface area contributed by atoms with Crippen molar-refractivity contribution in [2.75, 3.05) is 5.32 Å². The van der Waals surface area contributed by atoms with Gasteiger partial charge in [-0.05, 0) is 24.3 Å². The van der Waals surface area contributed by atoms with Gasteiger partial charge < -0.3 is 20.7 Å². The fraction of sp³-hybridized carbons (Fsp3) is 0.400. The molecule has 0 aliphatic heterocycles. The van der Waals surface area contributed by atoms with E-state index >= 15 is 0 Å². The number of halogens is 1. The zero-order chi connectivity index (χ0) is 17.6. The van der Waals surface area contributed by atoms with Gasteiger partial charge in [0.1, 0.15) is 17.5 Å². The molecule has 0 heterocycles. The van der Waals surface area contributed by atoms with Gasteiger partial charge >= 0.3 is 18.0 Å². The monoisotopic (exact) mass is 338 g/mol. The quantitative estimate of drug-likeness (QED) is 0.639. The van der Waals surface area contributed by atoms with E-state index in [9.17, 15) is 23.9 Å². The second-order valence-electron chi connectivity index (χ2n) is 6.09. The van der Waals surface area contributed by atoms with Crippen molar-refractivity contribution in [3.63, 3.8) is 0 Å². The van der Waals surface area contributed by atoms with Gasteiger partial charge in [-0.1, -0.05) is 0 Å². The van der Waals surface area contributed by atoms with Crippen LogP contribution in [0.15, 0.2) is 24.3 Å². The first-order chi connectivity index (χ1) is 11.2. The molecule has 0 saturated heterocycles. The number of ether oxygens (including phenoxy) is 1. The molecular weight excluding hydrogens is 323 g/mol. The Morgan fingerprint density at radius 1 is 1.25 bits per heavy atom. The zero-order valence-corrected chi connectivity index (χ0v) is 12.3. The van der Waals surface area contributed by atoms with Crippen molar-refractivity contribution in [1.29, 1.82) is 0 Å². The SMILES string of the molecule is NC1(C(=O)O)CC(OC(=O)Nc2ccc(F)cc2)C2C1[C@H]2C(=O)O. The number of carbonyl (C=O) groups is 3. The summed E-state index contributed by atoms with van der Waals surface area (Å²) in [6.07, 6.45) is -1.94. The summed E-state index contributed by atoms with van der Waals surface area (Å²) in [7, 11) is 0. The average Bonchev–Trinajstić information content (AvgIpc) is 3.18. The predicted molar refractivity (Wildman–Crippen MR) is 77.6 cm³/mol. The average molecular weight is 338 g/mol. The van der Waals surface area contributed by atoms with Crippen molar-refractivity contribution in [3.8, 4) is 0 Å². The molecule has 0 bridgehead atoms. The van der Waals surface area contributed by atoms with Crippen molar-refractivity contribution in [1.82, 2.24) is 0 Å². The molecule has 2 aliphatic rings. The summed E-state index contributed by atoms with van der Waals surface area (Å²) in [6, 6.07) is 4.96. The third-order valence-corrected chi connectivity index (χ3v) is 4.67. The van der Waals surface area contributed by atoms with Gasteiger partial charge in [0, 0.05) is 23.9 Å². The zero-order valence-electron chi connectivity index (χ0n) is 12.3. The second-order valence-corrected chi connectivity index (χ2v) is 6.09. The van der Waals surface area contributed by atoms with Gasteiger partial charge in [0.15, 0.2) is 0 Å². The predicted octanol–water partition coefficient (Wildman–Crippen LogP) is 0.875. The smallest absolute Gasteiger partial charge is 0.411 e. The Kier molecular flexibility index (Phi) is 3.67. The van der Waals surface area contributed by atoms with Crippen LogP contribution in [0.25, 0.3) is 0 Å². The molecular formula is C15H15FN2O6. The van der Waals surface area contributed by atoms with Gasteiger partial charge in [-0.25, -0.2) is 9.18 Å². The van der Waals surface area contributed by atoms with Crippen LogP contribution in [0.3, 0.4) is 0 Å². The Balaban J connectivity index is 1.69. The molecule has 9 heteroatoms. The Hall–Kier alpha value is -2.68. The number of carboxylic acid groups (broad SMARTS) is 2. The molecule has 0 spiro atoms. The molecule has 0 aromatic heterocycles. The van der Waals surface area contributed by atoms with Crippen LogP contribution in [0, 0.1) is 23.6 Å². The summed E-state index contributed by atoms with van der Waals surface area (Å²) < 4.78 is 18.0. The number of carbonyl (C=O) groups excluding carboxylic acids is 1. The van der Waals surface area contributed by atoms with E-state index < -0.39 is 53.2 Å². The van der Waals surface area contributed by atoms with E-state index in [1.807, 2.05) is 0 Å². The van der Waals surface area contributed by atoms with Crippen LogP contribution in [0.4, 0.5) is 14.9 Å². The van der Waals surface area contributed by atoms with E-state index in [1.54, 1.807) is 0 Å². The van der Waals surface area contributed by atoms with Crippen molar-refractivity contribution >= 4 is 23.7 Å². The third kappa shape index (κ3) is 2.56. The molecule has 24 heavy (non-hydrogen) atoms. The van der Waals surface area contributed by atoms with E-state index in [-0.39, 0.29) is 6.42 Å². The van der Waals surface area contributed by atoms with E-state index in [1.165, 1.54) is 12.1 Å². The molecule has 128 valence electrons. The highest BCUT2D eigenvalue weighted by Gasteiger charge is 2.75. The summed E-state index contributed by atoms with van der Waals surface area (Å²) >= 11 is 0. The van der Waals surface area contributed by atoms with Crippen molar-refractivity contribution in [3.05, 3.63) is 30.1 Å². The van der Waals surface area contributed by atoms with Crippen LogP contribution in [0.5, 0.6) is 0 Å². The number of benzene rings is 1. The number of aliphatic carboxylic acids is 2. The molecule has 1 aromatic rings. The van der Waals surface area contributed by atoms with E-state index in [0.29, 0.717) is 5.69 Å². The van der Waals surface area contributed by atoms with Crippen LogP contribution in [0.1, 0.15) is 6.42 Å². The van der Waals surface area contributed by atoms with E-state index in [2.05, 4.69) is 5.32 Å². The molecule has 3 rings (SSSR count). The Bertz CT molecular complexity index is 708. The number of fused-ring (bicyclic) bond motifs is 1. The maximum absolute atomic E-state index is 12.8. The number of carboxylic acids is 2. The number of anilines is 1. The molecule has 4 unspecified atom stereocenters. The maximum atomic E-state index is 12.8. The van der Waals surface area contributed by atoms with Gasteiger partial charge in [-0.3, -0.25) is 14.9 Å². The number of nitrogens with two attached hydrogens (primary N) is 1. The normalized spacial score (nSPS) is 33.4. The molecule has 1 amide bonds.